The molecule has 0 spiro atoms. The SMILES string of the molecule is Oc1cc(C23CC4CC(CC(C4)C2)C3)c(C23CC4CC(CC(C4)C2)C3)cc1C12CC3CC(CC(C3)C1)C2. The van der Waals surface area contributed by atoms with Gasteiger partial charge in [0.2, 0.25) is 0 Å². The average molecular weight is 497 g/mol. The molecule has 0 amide bonds. The molecular weight excluding hydrogens is 448 g/mol. The molecule has 1 aromatic carbocycles. The van der Waals surface area contributed by atoms with E-state index in [0.29, 0.717) is 16.2 Å². The monoisotopic (exact) mass is 496 g/mol. The first kappa shape index (κ1) is 21.8. The molecule has 0 aromatic heterocycles. The fourth-order valence-corrected chi connectivity index (χ4v) is 15.2. The first-order valence-electron chi connectivity index (χ1n) is 16.8. The van der Waals surface area contributed by atoms with Gasteiger partial charge in [-0.25, -0.2) is 0 Å². The van der Waals surface area contributed by atoms with E-state index in [-0.39, 0.29) is 0 Å². The standard InChI is InChI=1S/C36H48O/c37-33-11-31(35-15-24-4-25(16-35)6-26(5-24)17-35)30(34-12-21-1-22(13-34)3-23(2-21)14-34)10-32(33)36-18-27-7-28(19-36)9-29(8-27)20-36/h10-11,21-29,37H,1-9,12-20H2. The number of rotatable bonds is 3. The zero-order valence-electron chi connectivity index (χ0n) is 23.0. The van der Waals surface area contributed by atoms with Crippen LogP contribution in [-0.4, -0.2) is 5.11 Å². The summed E-state index contributed by atoms with van der Waals surface area (Å²) >= 11 is 0. The van der Waals surface area contributed by atoms with Gasteiger partial charge in [0.25, 0.3) is 0 Å². The fraction of sp³-hybridized carbons (Fsp3) is 0.833. The van der Waals surface area contributed by atoms with Crippen molar-refractivity contribution in [1.82, 2.24) is 0 Å². The molecule has 12 aliphatic rings. The Morgan fingerprint density at radius 3 is 0.919 bits per heavy atom. The maximum absolute atomic E-state index is 12.1. The molecule has 12 saturated carbocycles. The molecular formula is C36H48O. The van der Waals surface area contributed by atoms with Crippen molar-refractivity contribution in [3.05, 3.63) is 28.8 Å². The van der Waals surface area contributed by atoms with Gasteiger partial charge in [-0.1, -0.05) is 6.07 Å². The molecule has 0 aliphatic heterocycles. The summed E-state index contributed by atoms with van der Waals surface area (Å²) in [6, 6.07) is 5.26. The van der Waals surface area contributed by atoms with Crippen LogP contribution in [0.25, 0.3) is 0 Å². The van der Waals surface area contributed by atoms with Gasteiger partial charge in [0.05, 0.1) is 0 Å². The molecule has 37 heavy (non-hydrogen) atoms. The van der Waals surface area contributed by atoms with Gasteiger partial charge in [-0.3, -0.25) is 0 Å². The van der Waals surface area contributed by atoms with E-state index < -0.39 is 0 Å². The highest BCUT2D eigenvalue weighted by molar-refractivity contribution is 5.53. The number of phenolic OH excluding ortho intramolecular Hbond substituents is 1. The third-order valence-corrected chi connectivity index (χ3v) is 15.0. The van der Waals surface area contributed by atoms with Crippen molar-refractivity contribution < 1.29 is 5.11 Å². The van der Waals surface area contributed by atoms with Crippen LogP contribution < -0.4 is 0 Å². The van der Waals surface area contributed by atoms with Gasteiger partial charge < -0.3 is 5.11 Å². The molecule has 1 nitrogen and oxygen atoms in total. The van der Waals surface area contributed by atoms with E-state index in [4.69, 9.17) is 0 Å². The summed E-state index contributed by atoms with van der Waals surface area (Å²) < 4.78 is 0. The molecule has 0 radical (unpaired) electrons. The van der Waals surface area contributed by atoms with Crippen LogP contribution >= 0.6 is 0 Å². The van der Waals surface area contributed by atoms with Crippen molar-refractivity contribution in [1.29, 1.82) is 0 Å². The average Bonchev–Trinajstić information content (AvgIpc) is 2.81. The highest BCUT2D eigenvalue weighted by Gasteiger charge is 2.58. The maximum Gasteiger partial charge on any atom is 0.119 e. The van der Waals surface area contributed by atoms with Gasteiger partial charge in [0.15, 0.2) is 0 Å². The number of benzene rings is 1. The molecule has 0 heterocycles. The van der Waals surface area contributed by atoms with E-state index >= 15 is 0 Å². The Morgan fingerprint density at radius 2 is 0.622 bits per heavy atom. The van der Waals surface area contributed by atoms with Crippen LogP contribution in [-0.2, 0) is 16.2 Å². The van der Waals surface area contributed by atoms with Gasteiger partial charge in [0.1, 0.15) is 5.75 Å². The van der Waals surface area contributed by atoms with Crippen LogP contribution in [0.1, 0.15) is 132 Å². The van der Waals surface area contributed by atoms with Crippen molar-refractivity contribution in [3.8, 4) is 5.75 Å². The summed E-state index contributed by atoms with van der Waals surface area (Å²) in [6.07, 6.45) is 26.5. The van der Waals surface area contributed by atoms with Crippen LogP contribution in [0.4, 0.5) is 0 Å². The van der Waals surface area contributed by atoms with Crippen LogP contribution in [0, 0.1) is 53.3 Å². The Labute approximate surface area is 224 Å². The lowest BCUT2D eigenvalue weighted by molar-refractivity contribution is -0.0186. The van der Waals surface area contributed by atoms with E-state index in [1.54, 1.807) is 5.56 Å². The summed E-state index contributed by atoms with van der Waals surface area (Å²) in [5.41, 5.74) is 6.13. The summed E-state index contributed by atoms with van der Waals surface area (Å²) in [7, 11) is 0. The predicted octanol–water partition coefficient (Wildman–Crippen LogP) is 8.80. The van der Waals surface area contributed by atoms with Crippen LogP contribution in [0.15, 0.2) is 12.1 Å². The summed E-state index contributed by atoms with van der Waals surface area (Å²) in [5.74, 6) is 9.46. The maximum atomic E-state index is 12.1. The Balaban J connectivity index is 1.17. The molecule has 198 valence electrons. The molecule has 0 atom stereocenters. The van der Waals surface area contributed by atoms with Crippen LogP contribution in [0.2, 0.25) is 0 Å². The van der Waals surface area contributed by atoms with Gasteiger partial charge in [0, 0.05) is 5.56 Å². The Kier molecular flexibility index (Phi) is 4.13. The summed E-state index contributed by atoms with van der Waals surface area (Å²) in [4.78, 5) is 0. The minimum atomic E-state index is 0.301. The molecule has 1 aromatic rings. The van der Waals surface area contributed by atoms with E-state index in [9.17, 15) is 5.11 Å². The van der Waals surface area contributed by atoms with Crippen molar-refractivity contribution in [2.24, 2.45) is 53.3 Å². The molecule has 0 unspecified atom stereocenters. The van der Waals surface area contributed by atoms with Crippen LogP contribution in [0.3, 0.4) is 0 Å². The Bertz CT molecular complexity index is 1050. The highest BCUT2D eigenvalue weighted by atomic mass is 16.3. The van der Waals surface area contributed by atoms with Crippen molar-refractivity contribution in [3.63, 3.8) is 0 Å². The topological polar surface area (TPSA) is 20.2 Å². The minimum Gasteiger partial charge on any atom is -0.508 e. The first-order chi connectivity index (χ1) is 17.9. The van der Waals surface area contributed by atoms with Crippen molar-refractivity contribution in [2.45, 2.75) is 132 Å². The predicted molar refractivity (Wildman–Crippen MR) is 148 cm³/mol. The molecule has 12 aliphatic carbocycles. The molecule has 12 fully saturated rings. The largest absolute Gasteiger partial charge is 0.508 e. The molecule has 1 heteroatoms. The number of aromatic hydroxyl groups is 1. The smallest absolute Gasteiger partial charge is 0.119 e. The molecule has 1 N–H and O–H groups in total. The first-order valence-corrected chi connectivity index (χ1v) is 16.8. The van der Waals surface area contributed by atoms with Gasteiger partial charge in [-0.05, 0) is 202 Å². The third-order valence-electron chi connectivity index (χ3n) is 15.0. The van der Waals surface area contributed by atoms with Gasteiger partial charge in [-0.2, -0.15) is 0 Å². The van der Waals surface area contributed by atoms with Gasteiger partial charge in [-0.15, -0.1) is 0 Å². The normalized spacial score (nSPS) is 55.9. The van der Waals surface area contributed by atoms with E-state index in [0.717, 1.165) is 59.0 Å². The summed E-state index contributed by atoms with van der Waals surface area (Å²) in [6.45, 7) is 0. The van der Waals surface area contributed by atoms with Gasteiger partial charge >= 0.3 is 0 Å². The lowest BCUT2D eigenvalue weighted by Gasteiger charge is -2.61. The van der Waals surface area contributed by atoms with E-state index in [1.807, 2.05) is 5.56 Å². The van der Waals surface area contributed by atoms with E-state index in [2.05, 4.69) is 12.1 Å². The number of phenols is 1. The summed E-state index contributed by atoms with van der Waals surface area (Å²) in [5, 5.41) is 12.1. The van der Waals surface area contributed by atoms with Crippen molar-refractivity contribution >= 4 is 0 Å². The third kappa shape index (κ3) is 2.94. The Morgan fingerprint density at radius 1 is 0.378 bits per heavy atom. The minimum absolute atomic E-state index is 0.301. The highest BCUT2D eigenvalue weighted by Crippen LogP contribution is 2.68. The Hall–Kier alpha value is -0.980. The quantitative estimate of drug-likeness (QED) is 0.443. The second-order valence-electron chi connectivity index (χ2n) is 17.5. The molecule has 12 bridgehead atoms. The second kappa shape index (κ2) is 7.01. The lowest BCUT2D eigenvalue weighted by Crippen LogP contribution is -2.53. The van der Waals surface area contributed by atoms with Crippen molar-refractivity contribution in [2.75, 3.05) is 0 Å². The van der Waals surface area contributed by atoms with Crippen LogP contribution in [0.5, 0.6) is 5.75 Å². The number of hydrogen-bond acceptors (Lipinski definition) is 1. The number of hydrogen-bond donors (Lipinski definition) is 1. The fourth-order valence-electron chi connectivity index (χ4n) is 15.2. The molecule has 0 saturated heterocycles. The zero-order valence-corrected chi connectivity index (χ0v) is 23.0. The second-order valence-corrected chi connectivity index (χ2v) is 17.5. The zero-order chi connectivity index (χ0) is 24.1. The van der Waals surface area contributed by atoms with E-state index in [1.165, 1.54) is 121 Å². The molecule has 13 rings (SSSR count). The lowest BCUT2D eigenvalue weighted by atomic mass is 9.43.